The Morgan fingerprint density at radius 3 is 2.32 bits per heavy atom. The Hall–Kier alpha value is -3.43. The number of carbonyl (C=O) groups is 1. The molecule has 0 aliphatic carbocycles. The van der Waals surface area contributed by atoms with Crippen LogP contribution in [0.1, 0.15) is 22.8 Å². The molecule has 9 heteroatoms. The summed E-state index contributed by atoms with van der Waals surface area (Å²) in [6.07, 6.45) is 0. The van der Waals surface area contributed by atoms with Crippen LogP contribution in [0.5, 0.6) is 5.75 Å². The number of benzene rings is 2. The summed E-state index contributed by atoms with van der Waals surface area (Å²) in [5.41, 5.74) is 2.14. The molecule has 1 fully saturated rings. The van der Waals surface area contributed by atoms with Crippen LogP contribution in [0.2, 0.25) is 0 Å². The number of ether oxygens (including phenoxy) is 1. The smallest absolute Gasteiger partial charge is 0.261 e. The second-order valence-corrected chi connectivity index (χ2v) is 10.0. The van der Waals surface area contributed by atoms with E-state index in [9.17, 15) is 18.0 Å². The van der Waals surface area contributed by atoms with Crippen LogP contribution in [-0.2, 0) is 10.0 Å². The third-order valence-electron chi connectivity index (χ3n) is 5.77. The summed E-state index contributed by atoms with van der Waals surface area (Å²) in [5, 5.41) is 0. The number of aromatic amines is 1. The van der Waals surface area contributed by atoms with Gasteiger partial charge in [0.15, 0.2) is 0 Å². The zero-order chi connectivity index (χ0) is 24.3. The van der Waals surface area contributed by atoms with Crippen molar-refractivity contribution in [1.29, 1.82) is 0 Å². The number of sulfonamides is 1. The number of amides is 1. The van der Waals surface area contributed by atoms with Gasteiger partial charge >= 0.3 is 0 Å². The maximum absolute atomic E-state index is 13.0. The minimum Gasteiger partial charge on any atom is -0.494 e. The Bertz CT molecular complexity index is 1340. The van der Waals surface area contributed by atoms with E-state index in [1.54, 1.807) is 18.2 Å². The molecule has 4 rings (SSSR count). The highest BCUT2D eigenvalue weighted by atomic mass is 32.2. The maximum Gasteiger partial charge on any atom is 0.261 e. The molecule has 1 aromatic heterocycles. The molecule has 0 unspecified atom stereocenters. The molecule has 1 aliphatic rings. The van der Waals surface area contributed by atoms with Crippen molar-refractivity contribution in [1.82, 2.24) is 14.2 Å². The Morgan fingerprint density at radius 1 is 1.00 bits per heavy atom. The van der Waals surface area contributed by atoms with Crippen LogP contribution in [0.15, 0.2) is 70.4 Å². The lowest BCUT2D eigenvalue weighted by Crippen LogP contribution is -2.51. The standard InChI is InChI=1S/C25H27N3O5S/c1-3-33-20-7-9-21(10-8-20)34(31,32)28-15-13-27(14-16-28)25(30)22-11-12-23(26-24(22)29)19-6-4-5-18(2)17-19/h4-12,17H,3,13-16H2,1-2H3,(H,26,29). The van der Waals surface area contributed by atoms with Gasteiger partial charge in [-0.05, 0) is 61.9 Å². The van der Waals surface area contributed by atoms with Crippen molar-refractivity contribution in [2.24, 2.45) is 0 Å². The van der Waals surface area contributed by atoms with Gasteiger partial charge in [-0.1, -0.05) is 23.8 Å². The molecule has 0 saturated carbocycles. The quantitative estimate of drug-likeness (QED) is 0.584. The minimum atomic E-state index is -3.68. The first-order chi connectivity index (χ1) is 16.3. The molecule has 0 radical (unpaired) electrons. The lowest BCUT2D eigenvalue weighted by atomic mass is 10.1. The summed E-state index contributed by atoms with van der Waals surface area (Å²) >= 11 is 0. The van der Waals surface area contributed by atoms with E-state index in [1.807, 2.05) is 38.1 Å². The number of H-pyrrole nitrogens is 1. The number of rotatable bonds is 6. The Morgan fingerprint density at radius 2 is 1.71 bits per heavy atom. The van der Waals surface area contributed by atoms with Crippen LogP contribution in [0.4, 0.5) is 0 Å². The van der Waals surface area contributed by atoms with Crippen molar-refractivity contribution in [3.05, 3.63) is 82.1 Å². The number of carbonyl (C=O) groups excluding carboxylic acids is 1. The van der Waals surface area contributed by atoms with Crippen LogP contribution < -0.4 is 10.3 Å². The average Bonchev–Trinajstić information content (AvgIpc) is 2.84. The third-order valence-corrected chi connectivity index (χ3v) is 7.68. The predicted molar refractivity (Wildman–Crippen MR) is 130 cm³/mol. The van der Waals surface area contributed by atoms with Crippen LogP contribution in [0.25, 0.3) is 11.3 Å². The van der Waals surface area contributed by atoms with E-state index in [0.29, 0.717) is 18.1 Å². The zero-order valence-corrected chi connectivity index (χ0v) is 20.0. The normalized spacial score (nSPS) is 14.7. The number of hydrogen-bond acceptors (Lipinski definition) is 5. The first-order valence-electron chi connectivity index (χ1n) is 11.1. The molecule has 178 valence electrons. The Kier molecular flexibility index (Phi) is 6.85. The van der Waals surface area contributed by atoms with Gasteiger partial charge in [-0.15, -0.1) is 0 Å². The first kappa shape index (κ1) is 23.7. The first-order valence-corrected chi connectivity index (χ1v) is 12.6. The van der Waals surface area contributed by atoms with Gasteiger partial charge < -0.3 is 14.6 Å². The van der Waals surface area contributed by atoms with E-state index < -0.39 is 21.5 Å². The minimum absolute atomic E-state index is 0.0409. The molecule has 0 spiro atoms. The predicted octanol–water partition coefficient (Wildman–Crippen LogP) is 2.90. The van der Waals surface area contributed by atoms with Crippen LogP contribution in [-0.4, -0.2) is 61.3 Å². The fraction of sp³-hybridized carbons (Fsp3) is 0.280. The fourth-order valence-corrected chi connectivity index (χ4v) is 5.37. The number of nitrogens with one attached hydrogen (secondary N) is 1. The summed E-state index contributed by atoms with van der Waals surface area (Å²) in [7, 11) is -3.68. The highest BCUT2D eigenvalue weighted by Crippen LogP contribution is 2.22. The van der Waals surface area contributed by atoms with Crippen molar-refractivity contribution in [2.45, 2.75) is 18.7 Å². The molecule has 1 aliphatic heterocycles. The third kappa shape index (κ3) is 4.90. The van der Waals surface area contributed by atoms with E-state index in [-0.39, 0.29) is 36.6 Å². The summed E-state index contributed by atoms with van der Waals surface area (Å²) in [6, 6.07) is 17.3. The van der Waals surface area contributed by atoms with Crippen molar-refractivity contribution in [3.63, 3.8) is 0 Å². The Labute approximate surface area is 198 Å². The average molecular weight is 482 g/mol. The summed E-state index contributed by atoms with van der Waals surface area (Å²) in [4.78, 5) is 30.1. The molecule has 1 saturated heterocycles. The van der Waals surface area contributed by atoms with Gasteiger partial charge in [-0.2, -0.15) is 4.31 Å². The van der Waals surface area contributed by atoms with Gasteiger partial charge in [0.2, 0.25) is 10.0 Å². The largest absolute Gasteiger partial charge is 0.494 e. The van der Waals surface area contributed by atoms with Gasteiger partial charge in [0.1, 0.15) is 11.3 Å². The van der Waals surface area contributed by atoms with Crippen molar-refractivity contribution in [2.75, 3.05) is 32.8 Å². The molecule has 1 amide bonds. The lowest BCUT2D eigenvalue weighted by molar-refractivity contribution is 0.0696. The van der Waals surface area contributed by atoms with Gasteiger partial charge in [-0.25, -0.2) is 8.42 Å². The molecule has 34 heavy (non-hydrogen) atoms. The van der Waals surface area contributed by atoms with Gasteiger partial charge in [0.05, 0.1) is 11.5 Å². The molecule has 1 N–H and O–H groups in total. The highest BCUT2D eigenvalue weighted by molar-refractivity contribution is 7.89. The van der Waals surface area contributed by atoms with E-state index in [0.717, 1.165) is 11.1 Å². The van der Waals surface area contributed by atoms with Crippen molar-refractivity contribution in [3.8, 4) is 17.0 Å². The molecule has 8 nitrogen and oxygen atoms in total. The monoisotopic (exact) mass is 481 g/mol. The SMILES string of the molecule is CCOc1ccc(S(=O)(=O)N2CCN(C(=O)c3ccc(-c4cccc(C)c4)[nH]c3=O)CC2)cc1. The van der Waals surface area contributed by atoms with Crippen LogP contribution in [0.3, 0.4) is 0 Å². The summed E-state index contributed by atoms with van der Waals surface area (Å²) < 4.78 is 32.7. The van der Waals surface area contributed by atoms with Gasteiger partial charge in [-0.3, -0.25) is 9.59 Å². The fourth-order valence-electron chi connectivity index (χ4n) is 3.95. The molecule has 3 aromatic rings. The van der Waals surface area contributed by atoms with E-state index in [1.165, 1.54) is 27.4 Å². The molecule has 0 atom stereocenters. The van der Waals surface area contributed by atoms with Gasteiger partial charge in [0, 0.05) is 31.9 Å². The topological polar surface area (TPSA) is 99.8 Å². The molecule has 0 bridgehead atoms. The number of aromatic nitrogens is 1. The van der Waals surface area contributed by atoms with Gasteiger partial charge in [0.25, 0.3) is 11.5 Å². The molecule has 2 aromatic carbocycles. The van der Waals surface area contributed by atoms with Crippen LogP contribution in [0, 0.1) is 6.92 Å². The number of hydrogen-bond donors (Lipinski definition) is 1. The van der Waals surface area contributed by atoms with Crippen molar-refractivity contribution >= 4 is 15.9 Å². The summed E-state index contributed by atoms with van der Waals surface area (Å²) in [5.74, 6) is 0.200. The van der Waals surface area contributed by atoms with Crippen molar-refractivity contribution < 1.29 is 17.9 Å². The second kappa shape index (κ2) is 9.82. The highest BCUT2D eigenvalue weighted by Gasteiger charge is 2.31. The number of piperazine rings is 1. The number of nitrogens with zero attached hydrogens (tertiary/aromatic N) is 2. The molecular weight excluding hydrogens is 454 g/mol. The number of aryl methyl sites for hydroxylation is 1. The van der Waals surface area contributed by atoms with Crippen LogP contribution >= 0.6 is 0 Å². The van der Waals surface area contributed by atoms with E-state index in [2.05, 4.69) is 4.98 Å². The molecule has 2 heterocycles. The zero-order valence-electron chi connectivity index (χ0n) is 19.2. The van der Waals surface area contributed by atoms with E-state index in [4.69, 9.17) is 4.74 Å². The number of pyridine rings is 1. The molecular formula is C25H27N3O5S. The maximum atomic E-state index is 13.0. The summed E-state index contributed by atoms with van der Waals surface area (Å²) in [6.45, 7) is 5.04. The lowest BCUT2D eigenvalue weighted by Gasteiger charge is -2.34. The Balaban J connectivity index is 1.44. The second-order valence-electron chi connectivity index (χ2n) is 8.08. The van der Waals surface area contributed by atoms with E-state index >= 15 is 0 Å².